The van der Waals surface area contributed by atoms with Gasteiger partial charge in [0.05, 0.1) is 18.3 Å². The Morgan fingerprint density at radius 2 is 1.54 bits per heavy atom. The van der Waals surface area contributed by atoms with E-state index >= 15 is 0 Å². The molecule has 2 aliphatic rings. The van der Waals surface area contributed by atoms with Gasteiger partial charge in [-0.3, -0.25) is 19.2 Å². The van der Waals surface area contributed by atoms with E-state index in [1.54, 1.807) is 13.8 Å². The van der Waals surface area contributed by atoms with Crippen molar-refractivity contribution >= 4 is 36.3 Å². The number of carboxylic acid groups (broad SMARTS) is 1. The molecule has 0 radical (unpaired) electrons. The maximum atomic E-state index is 10.6. The molecule has 2 atom stereocenters. The molecule has 0 spiro atoms. The standard InChI is InChI=1S/C6H8O3.C4H6O4.C4H2O3/c1-3-4(2)6(8)9-5(3)7;5-3-8-2-1-4(6)7;5-3-1-2-4(6)7-3/h3-4H,1-2H3;3H,1-2H2,(H,6,7);1-2H. The lowest BCUT2D eigenvalue weighted by Gasteiger charge is -1.96. The van der Waals surface area contributed by atoms with Crippen molar-refractivity contribution in [3.63, 3.8) is 0 Å². The third kappa shape index (κ3) is 8.41. The number of aliphatic carboxylic acids is 1. The second kappa shape index (κ2) is 10.6. The number of carboxylic acids is 1. The van der Waals surface area contributed by atoms with Gasteiger partial charge < -0.3 is 19.3 Å². The Morgan fingerprint density at radius 3 is 1.75 bits per heavy atom. The quantitative estimate of drug-likeness (QED) is 0.234. The van der Waals surface area contributed by atoms with Gasteiger partial charge in [0.1, 0.15) is 6.61 Å². The normalized spacial score (nSPS) is 20.9. The van der Waals surface area contributed by atoms with Crippen molar-refractivity contribution in [2.24, 2.45) is 11.8 Å². The van der Waals surface area contributed by atoms with Crippen molar-refractivity contribution in [2.45, 2.75) is 20.3 Å². The molecule has 2 aliphatic heterocycles. The lowest BCUT2D eigenvalue weighted by Crippen LogP contribution is -2.09. The molecule has 2 heterocycles. The Bertz CT molecular complexity index is 514. The van der Waals surface area contributed by atoms with Crippen molar-refractivity contribution < 1.29 is 48.1 Å². The fraction of sp³-hybridized carbons (Fsp3) is 0.429. The zero-order valence-electron chi connectivity index (χ0n) is 12.9. The number of rotatable bonds is 4. The highest BCUT2D eigenvalue weighted by Crippen LogP contribution is 2.21. The third-order valence-corrected chi connectivity index (χ3v) is 2.75. The van der Waals surface area contributed by atoms with E-state index in [4.69, 9.17) is 5.11 Å². The molecule has 0 aliphatic carbocycles. The molecular weight excluding hydrogens is 328 g/mol. The summed E-state index contributed by atoms with van der Waals surface area (Å²) in [5, 5.41) is 7.94. The molecule has 24 heavy (non-hydrogen) atoms. The summed E-state index contributed by atoms with van der Waals surface area (Å²) in [7, 11) is 0. The van der Waals surface area contributed by atoms with Crippen LogP contribution < -0.4 is 0 Å². The summed E-state index contributed by atoms with van der Waals surface area (Å²) in [4.78, 5) is 60.0. The van der Waals surface area contributed by atoms with Crippen LogP contribution in [0, 0.1) is 11.8 Å². The summed E-state index contributed by atoms with van der Waals surface area (Å²) < 4.78 is 12.4. The minimum absolute atomic E-state index is 0.0428. The smallest absolute Gasteiger partial charge is 0.338 e. The number of carbonyl (C=O) groups excluding carboxylic acids is 5. The largest absolute Gasteiger partial charge is 0.481 e. The topological polar surface area (TPSA) is 150 Å². The Labute approximate surface area is 136 Å². The molecule has 1 fully saturated rings. The van der Waals surface area contributed by atoms with E-state index < -0.39 is 29.8 Å². The van der Waals surface area contributed by atoms with Crippen LogP contribution in [0.2, 0.25) is 0 Å². The molecule has 10 nitrogen and oxygen atoms in total. The van der Waals surface area contributed by atoms with Crippen molar-refractivity contribution in [1.29, 1.82) is 0 Å². The average molecular weight is 344 g/mol. The SMILES string of the molecule is CC1C(=O)OC(=O)C1C.O=C1C=CC(=O)O1.O=COCCC(=O)O. The number of carbonyl (C=O) groups is 6. The predicted octanol–water partition coefficient (Wildman–Crippen LogP) is -0.398. The molecule has 0 amide bonds. The minimum atomic E-state index is -0.966. The van der Waals surface area contributed by atoms with E-state index in [-0.39, 0.29) is 31.3 Å². The Morgan fingerprint density at radius 1 is 1.08 bits per heavy atom. The first-order valence-electron chi connectivity index (χ1n) is 6.65. The van der Waals surface area contributed by atoms with E-state index in [9.17, 15) is 28.8 Å². The third-order valence-electron chi connectivity index (χ3n) is 2.75. The first-order valence-corrected chi connectivity index (χ1v) is 6.65. The van der Waals surface area contributed by atoms with Crippen LogP contribution in [-0.2, 0) is 43.0 Å². The van der Waals surface area contributed by atoms with Crippen LogP contribution in [0.25, 0.3) is 0 Å². The molecule has 10 heteroatoms. The molecule has 1 saturated heterocycles. The van der Waals surface area contributed by atoms with Crippen LogP contribution in [0.15, 0.2) is 12.2 Å². The fourth-order valence-electron chi connectivity index (χ4n) is 1.19. The molecule has 132 valence electrons. The van der Waals surface area contributed by atoms with Crippen molar-refractivity contribution in [3.05, 3.63) is 12.2 Å². The molecule has 0 aromatic heterocycles. The summed E-state index contributed by atoms with van der Waals surface area (Å²) in [6, 6.07) is 0. The maximum absolute atomic E-state index is 10.6. The van der Waals surface area contributed by atoms with Crippen LogP contribution in [0.1, 0.15) is 20.3 Å². The summed E-state index contributed by atoms with van der Waals surface area (Å²) >= 11 is 0. The average Bonchev–Trinajstić information content (AvgIpc) is 2.98. The Hall–Kier alpha value is -3.04. The summed E-state index contributed by atoms with van der Waals surface area (Å²) in [6.45, 7) is 3.57. The van der Waals surface area contributed by atoms with Crippen LogP contribution in [0.4, 0.5) is 0 Å². The summed E-state index contributed by atoms with van der Waals surface area (Å²) in [5.41, 5.74) is 0. The number of hydrogen-bond acceptors (Lipinski definition) is 9. The van der Waals surface area contributed by atoms with Crippen LogP contribution in [-0.4, -0.2) is 48.0 Å². The van der Waals surface area contributed by atoms with E-state index in [1.165, 1.54) is 0 Å². The lowest BCUT2D eigenvalue weighted by molar-refractivity contribution is -0.154. The van der Waals surface area contributed by atoms with Gasteiger partial charge in [0.15, 0.2) is 0 Å². The number of hydrogen-bond donors (Lipinski definition) is 1. The second-order valence-electron chi connectivity index (χ2n) is 4.50. The maximum Gasteiger partial charge on any atom is 0.338 e. The number of esters is 4. The molecular formula is C14H16O10. The zero-order chi connectivity index (χ0) is 18.7. The number of ether oxygens (including phenoxy) is 3. The van der Waals surface area contributed by atoms with Crippen LogP contribution in [0.5, 0.6) is 0 Å². The molecule has 1 N–H and O–H groups in total. The van der Waals surface area contributed by atoms with Crippen molar-refractivity contribution in [1.82, 2.24) is 0 Å². The van der Waals surface area contributed by atoms with Crippen molar-refractivity contribution in [3.8, 4) is 0 Å². The predicted molar refractivity (Wildman–Crippen MR) is 73.9 cm³/mol. The molecule has 0 aromatic carbocycles. The van der Waals surface area contributed by atoms with Gasteiger partial charge in [0, 0.05) is 12.2 Å². The highest BCUT2D eigenvalue weighted by atomic mass is 16.6. The minimum Gasteiger partial charge on any atom is -0.481 e. The van der Waals surface area contributed by atoms with Gasteiger partial charge >= 0.3 is 29.8 Å². The first-order chi connectivity index (χ1) is 11.2. The first kappa shape index (κ1) is 21.0. The van der Waals surface area contributed by atoms with Crippen LogP contribution in [0.3, 0.4) is 0 Å². The van der Waals surface area contributed by atoms with Crippen LogP contribution >= 0.6 is 0 Å². The molecule has 0 bridgehead atoms. The van der Waals surface area contributed by atoms with Gasteiger partial charge in [-0.15, -0.1) is 0 Å². The summed E-state index contributed by atoms with van der Waals surface area (Å²) in [5.74, 6) is -3.42. The van der Waals surface area contributed by atoms with Gasteiger partial charge in [-0.1, -0.05) is 13.8 Å². The molecule has 0 aromatic rings. The molecule has 0 saturated carbocycles. The van der Waals surface area contributed by atoms with Gasteiger partial charge in [0.2, 0.25) is 0 Å². The van der Waals surface area contributed by atoms with E-state index in [0.717, 1.165) is 12.2 Å². The van der Waals surface area contributed by atoms with E-state index in [2.05, 4.69) is 14.2 Å². The Balaban J connectivity index is 0.000000333. The van der Waals surface area contributed by atoms with E-state index in [0.29, 0.717) is 0 Å². The van der Waals surface area contributed by atoms with Gasteiger partial charge in [-0.05, 0) is 0 Å². The van der Waals surface area contributed by atoms with E-state index in [1.807, 2.05) is 0 Å². The lowest BCUT2D eigenvalue weighted by atomic mass is 10.00. The highest BCUT2D eigenvalue weighted by molar-refractivity contribution is 6.04. The molecule has 2 unspecified atom stereocenters. The number of cyclic esters (lactones) is 4. The monoisotopic (exact) mass is 344 g/mol. The summed E-state index contributed by atoms with van der Waals surface area (Å²) in [6.07, 6.45) is 2.05. The Kier molecular flexibility index (Phi) is 9.30. The van der Waals surface area contributed by atoms with Gasteiger partial charge in [-0.2, -0.15) is 0 Å². The second-order valence-corrected chi connectivity index (χ2v) is 4.50. The molecule has 2 rings (SSSR count). The van der Waals surface area contributed by atoms with Gasteiger partial charge in [-0.25, -0.2) is 9.59 Å². The zero-order valence-corrected chi connectivity index (χ0v) is 12.9. The van der Waals surface area contributed by atoms with Gasteiger partial charge in [0.25, 0.3) is 6.47 Å². The fourth-order valence-corrected chi connectivity index (χ4v) is 1.19. The van der Waals surface area contributed by atoms with Crippen molar-refractivity contribution in [2.75, 3.05) is 6.61 Å². The highest BCUT2D eigenvalue weighted by Gasteiger charge is 2.37.